The van der Waals surface area contributed by atoms with Crippen LogP contribution in [-0.2, 0) is 0 Å². The number of nitrogens with zero attached hydrogens (tertiary/aromatic N) is 2. The Kier molecular flexibility index (Phi) is 3.42. The molecule has 0 unspecified atom stereocenters. The Bertz CT molecular complexity index is 866. The van der Waals surface area contributed by atoms with Crippen LogP contribution in [0.5, 0.6) is 5.75 Å². The van der Waals surface area contributed by atoms with Crippen molar-refractivity contribution in [2.24, 2.45) is 0 Å². The maximum Gasteiger partial charge on any atom is 0.339 e. The molecular weight excluding hydrogens is 304 g/mol. The van der Waals surface area contributed by atoms with E-state index in [9.17, 15) is 9.90 Å². The monoisotopic (exact) mass is 316 g/mol. The van der Waals surface area contributed by atoms with E-state index in [1.165, 1.54) is 29.7 Å². The molecule has 0 atom stereocenters. The predicted molar refractivity (Wildman–Crippen MR) is 81.1 cm³/mol. The third kappa shape index (κ3) is 2.46. The molecule has 0 bridgehead atoms. The largest absolute Gasteiger partial charge is 0.507 e. The number of carbonyl (C=O) groups is 1. The van der Waals surface area contributed by atoms with E-state index >= 15 is 0 Å². The molecule has 3 rings (SSSR count). The first-order chi connectivity index (χ1) is 10.5. The van der Waals surface area contributed by atoms with Gasteiger partial charge in [-0.3, -0.25) is 0 Å². The van der Waals surface area contributed by atoms with Crippen molar-refractivity contribution in [3.8, 4) is 27.8 Å². The lowest BCUT2D eigenvalue weighted by molar-refractivity contribution is 0.0694. The van der Waals surface area contributed by atoms with Crippen molar-refractivity contribution >= 4 is 17.3 Å². The van der Waals surface area contributed by atoms with E-state index in [1.807, 2.05) is 13.8 Å². The number of rotatable bonds is 3. The Morgan fingerprint density at radius 2 is 2.05 bits per heavy atom. The molecule has 6 nitrogen and oxygen atoms in total. The molecule has 2 aromatic heterocycles. The Hall–Kier alpha value is -2.67. The van der Waals surface area contributed by atoms with Crippen LogP contribution in [0.15, 0.2) is 28.9 Å². The first-order valence-corrected chi connectivity index (χ1v) is 7.24. The van der Waals surface area contributed by atoms with E-state index in [2.05, 4.69) is 9.97 Å². The van der Waals surface area contributed by atoms with E-state index in [0.29, 0.717) is 17.1 Å². The smallest absolute Gasteiger partial charge is 0.339 e. The second kappa shape index (κ2) is 5.27. The third-order valence-corrected chi connectivity index (χ3v) is 4.19. The fourth-order valence-electron chi connectivity index (χ4n) is 2.11. The Morgan fingerprint density at radius 1 is 1.27 bits per heavy atom. The van der Waals surface area contributed by atoms with Crippen molar-refractivity contribution in [1.29, 1.82) is 0 Å². The molecular formula is C15H12N2O4S. The Labute approximate surface area is 129 Å². The molecule has 0 saturated carbocycles. The molecule has 22 heavy (non-hydrogen) atoms. The van der Waals surface area contributed by atoms with E-state index < -0.39 is 5.97 Å². The Balaban J connectivity index is 1.99. The molecule has 3 aromatic rings. The van der Waals surface area contributed by atoms with Crippen LogP contribution < -0.4 is 0 Å². The lowest BCUT2D eigenvalue weighted by Gasteiger charge is -2.01. The average molecular weight is 316 g/mol. The average Bonchev–Trinajstić information content (AvgIpc) is 3.04. The van der Waals surface area contributed by atoms with Gasteiger partial charge in [0.15, 0.2) is 0 Å². The molecule has 2 N–H and O–H groups in total. The van der Waals surface area contributed by atoms with Gasteiger partial charge in [0.05, 0.1) is 10.7 Å². The maximum atomic E-state index is 10.9. The summed E-state index contributed by atoms with van der Waals surface area (Å²) >= 11 is 1.49. The lowest BCUT2D eigenvalue weighted by Crippen LogP contribution is -1.96. The maximum absolute atomic E-state index is 10.9. The van der Waals surface area contributed by atoms with Crippen LogP contribution in [0.3, 0.4) is 0 Å². The minimum absolute atomic E-state index is 0.151. The second-order valence-corrected chi connectivity index (χ2v) is 5.93. The van der Waals surface area contributed by atoms with E-state index in [4.69, 9.17) is 9.52 Å². The summed E-state index contributed by atoms with van der Waals surface area (Å²) < 4.78 is 5.48. The van der Waals surface area contributed by atoms with Crippen LogP contribution in [0, 0.1) is 13.8 Å². The number of oxazole rings is 1. The van der Waals surface area contributed by atoms with Crippen molar-refractivity contribution in [2.75, 3.05) is 0 Å². The number of thiazole rings is 1. The summed E-state index contributed by atoms with van der Waals surface area (Å²) in [6.07, 6.45) is 1.47. The van der Waals surface area contributed by atoms with Crippen molar-refractivity contribution in [2.45, 2.75) is 13.8 Å². The molecule has 7 heteroatoms. The number of benzene rings is 1. The Morgan fingerprint density at radius 3 is 2.64 bits per heavy atom. The zero-order chi connectivity index (χ0) is 15.9. The summed E-state index contributed by atoms with van der Waals surface area (Å²) in [6.45, 7) is 3.80. The van der Waals surface area contributed by atoms with Crippen LogP contribution in [-0.4, -0.2) is 26.2 Å². The third-order valence-electron chi connectivity index (χ3n) is 3.13. The fraction of sp³-hybridized carbons (Fsp3) is 0.133. The van der Waals surface area contributed by atoms with Gasteiger partial charge >= 0.3 is 5.97 Å². The van der Waals surface area contributed by atoms with Gasteiger partial charge in [-0.05, 0) is 26.0 Å². The highest BCUT2D eigenvalue weighted by Crippen LogP contribution is 2.32. The number of aromatic nitrogens is 2. The lowest BCUT2D eigenvalue weighted by atomic mass is 10.1. The molecule has 0 aliphatic rings. The summed E-state index contributed by atoms with van der Waals surface area (Å²) in [5, 5.41) is 19.6. The van der Waals surface area contributed by atoms with Crippen LogP contribution >= 0.6 is 11.3 Å². The first kappa shape index (κ1) is 14.3. The molecule has 0 aliphatic heterocycles. The van der Waals surface area contributed by atoms with Gasteiger partial charge < -0.3 is 14.6 Å². The first-order valence-electron chi connectivity index (χ1n) is 6.42. The van der Waals surface area contributed by atoms with Crippen molar-refractivity contribution in [1.82, 2.24) is 9.97 Å². The topological polar surface area (TPSA) is 96.5 Å². The molecule has 0 saturated heterocycles. The summed E-state index contributed by atoms with van der Waals surface area (Å²) in [7, 11) is 0. The second-order valence-electron chi connectivity index (χ2n) is 4.72. The summed E-state index contributed by atoms with van der Waals surface area (Å²) in [6, 6.07) is 4.27. The number of aryl methyl sites for hydroxylation is 2. The number of aromatic carboxylic acids is 1. The van der Waals surface area contributed by atoms with Crippen LogP contribution in [0.25, 0.3) is 22.0 Å². The molecule has 0 amide bonds. The van der Waals surface area contributed by atoms with E-state index in [-0.39, 0.29) is 11.3 Å². The molecule has 1 aromatic carbocycles. The van der Waals surface area contributed by atoms with E-state index in [0.717, 1.165) is 15.6 Å². The van der Waals surface area contributed by atoms with Crippen LogP contribution in [0.4, 0.5) is 0 Å². The van der Waals surface area contributed by atoms with Gasteiger partial charge in [0.25, 0.3) is 0 Å². The van der Waals surface area contributed by atoms with Gasteiger partial charge in [-0.1, -0.05) is 6.07 Å². The van der Waals surface area contributed by atoms with Crippen molar-refractivity contribution < 1.29 is 19.4 Å². The fourth-order valence-corrected chi connectivity index (χ4v) is 2.96. The minimum atomic E-state index is -1.18. The highest BCUT2D eigenvalue weighted by atomic mass is 32.1. The standard InChI is InChI=1S/C15H12N2O4S/c1-7-13(22-8(2)16-7)14-17-11(6-21-14)9-3-4-10(15(19)20)12(18)5-9/h3-6,18H,1-2H3,(H,19,20). The molecule has 0 spiro atoms. The predicted octanol–water partition coefficient (Wildman–Crippen LogP) is 3.49. The number of aromatic hydroxyl groups is 1. The van der Waals surface area contributed by atoms with Crippen LogP contribution in [0.2, 0.25) is 0 Å². The summed E-state index contributed by atoms with van der Waals surface area (Å²) in [4.78, 5) is 20.5. The molecule has 0 aliphatic carbocycles. The summed E-state index contributed by atoms with van der Waals surface area (Å²) in [5.74, 6) is -1.03. The van der Waals surface area contributed by atoms with Gasteiger partial charge in [-0.25, -0.2) is 14.8 Å². The van der Waals surface area contributed by atoms with Gasteiger partial charge in [0.1, 0.15) is 28.1 Å². The summed E-state index contributed by atoms with van der Waals surface area (Å²) in [5.41, 5.74) is 1.80. The number of hydrogen-bond acceptors (Lipinski definition) is 6. The van der Waals surface area contributed by atoms with E-state index in [1.54, 1.807) is 6.07 Å². The normalized spacial score (nSPS) is 10.8. The molecule has 0 fully saturated rings. The molecule has 112 valence electrons. The quantitative estimate of drug-likeness (QED) is 0.768. The van der Waals surface area contributed by atoms with Gasteiger partial charge in [-0.2, -0.15) is 0 Å². The number of carboxylic acids is 1. The highest BCUT2D eigenvalue weighted by molar-refractivity contribution is 7.15. The van der Waals surface area contributed by atoms with Crippen molar-refractivity contribution in [3.05, 3.63) is 40.7 Å². The van der Waals surface area contributed by atoms with Crippen LogP contribution in [0.1, 0.15) is 21.1 Å². The number of carboxylic acid groups (broad SMARTS) is 1. The minimum Gasteiger partial charge on any atom is -0.507 e. The number of phenols is 1. The van der Waals surface area contributed by atoms with Gasteiger partial charge in [0, 0.05) is 5.56 Å². The van der Waals surface area contributed by atoms with Gasteiger partial charge in [0.2, 0.25) is 5.89 Å². The molecule has 2 heterocycles. The van der Waals surface area contributed by atoms with Gasteiger partial charge in [-0.15, -0.1) is 11.3 Å². The SMILES string of the molecule is Cc1nc(C)c(-c2nc(-c3ccc(C(=O)O)c(O)c3)co2)s1. The number of hydrogen-bond donors (Lipinski definition) is 2. The van der Waals surface area contributed by atoms with Crippen molar-refractivity contribution in [3.63, 3.8) is 0 Å². The zero-order valence-electron chi connectivity index (χ0n) is 11.8. The molecule has 0 radical (unpaired) electrons. The zero-order valence-corrected chi connectivity index (χ0v) is 12.6. The highest BCUT2D eigenvalue weighted by Gasteiger charge is 2.16.